The van der Waals surface area contributed by atoms with Gasteiger partial charge in [-0.25, -0.2) is 0 Å². The highest BCUT2D eigenvalue weighted by Crippen LogP contribution is 2.31. The van der Waals surface area contributed by atoms with Gasteiger partial charge >= 0.3 is 0 Å². The van der Waals surface area contributed by atoms with Crippen LogP contribution >= 0.6 is 0 Å². The lowest BCUT2D eigenvalue weighted by molar-refractivity contribution is 0.0684. The van der Waals surface area contributed by atoms with Crippen molar-refractivity contribution in [2.75, 3.05) is 6.54 Å². The van der Waals surface area contributed by atoms with Crippen LogP contribution < -0.4 is 0 Å². The summed E-state index contributed by atoms with van der Waals surface area (Å²) in [7, 11) is 0. The number of amides is 1. The molecule has 1 amide bonds. The van der Waals surface area contributed by atoms with Gasteiger partial charge in [-0.3, -0.25) is 4.79 Å². The summed E-state index contributed by atoms with van der Waals surface area (Å²) < 4.78 is 0. The molecule has 0 spiro atoms. The molecule has 0 bridgehead atoms. The Morgan fingerprint density at radius 3 is 2.08 bits per heavy atom. The molecular formula is C23H21NO. The largest absolute Gasteiger partial charge is 0.331 e. The quantitative estimate of drug-likeness (QED) is 0.670. The standard InChI is InChI=1S/C23H21NO/c25-23(20-12-5-2-6-13-20)24-16-15-18-9-7-8-14-21(18)17-22(24)19-10-3-1-4-11-19/h1-14,22H,15-17H2. The summed E-state index contributed by atoms with van der Waals surface area (Å²) in [5, 5.41) is 0. The molecule has 1 aliphatic rings. The van der Waals surface area contributed by atoms with Gasteiger partial charge < -0.3 is 4.90 Å². The van der Waals surface area contributed by atoms with Crippen molar-refractivity contribution >= 4 is 5.91 Å². The summed E-state index contributed by atoms with van der Waals surface area (Å²) in [6.07, 6.45) is 1.76. The van der Waals surface area contributed by atoms with Crippen molar-refractivity contribution in [2.24, 2.45) is 0 Å². The molecule has 2 nitrogen and oxygen atoms in total. The van der Waals surface area contributed by atoms with Crippen LogP contribution in [-0.2, 0) is 12.8 Å². The van der Waals surface area contributed by atoms with Crippen LogP contribution in [0.2, 0.25) is 0 Å². The molecule has 0 saturated carbocycles. The first-order valence-electron chi connectivity index (χ1n) is 8.80. The van der Waals surface area contributed by atoms with Crippen molar-refractivity contribution in [1.29, 1.82) is 0 Å². The smallest absolute Gasteiger partial charge is 0.254 e. The molecule has 0 aromatic heterocycles. The lowest BCUT2D eigenvalue weighted by atomic mass is 9.96. The molecule has 3 aromatic rings. The monoisotopic (exact) mass is 327 g/mol. The van der Waals surface area contributed by atoms with E-state index in [1.807, 2.05) is 41.3 Å². The van der Waals surface area contributed by atoms with Gasteiger partial charge in [-0.1, -0.05) is 72.8 Å². The van der Waals surface area contributed by atoms with E-state index in [1.165, 1.54) is 16.7 Å². The maximum atomic E-state index is 13.2. The third-order valence-corrected chi connectivity index (χ3v) is 5.00. The van der Waals surface area contributed by atoms with Crippen molar-refractivity contribution in [1.82, 2.24) is 4.90 Å². The number of fused-ring (bicyclic) bond motifs is 1. The minimum Gasteiger partial charge on any atom is -0.331 e. The Morgan fingerprint density at radius 2 is 1.36 bits per heavy atom. The molecule has 0 radical (unpaired) electrons. The maximum absolute atomic E-state index is 13.2. The maximum Gasteiger partial charge on any atom is 0.254 e. The third kappa shape index (κ3) is 3.20. The lowest BCUT2D eigenvalue weighted by Crippen LogP contribution is -2.36. The highest BCUT2D eigenvalue weighted by atomic mass is 16.2. The van der Waals surface area contributed by atoms with Crippen molar-refractivity contribution < 1.29 is 4.79 Å². The van der Waals surface area contributed by atoms with Gasteiger partial charge in [-0.05, 0) is 41.7 Å². The number of carbonyl (C=O) groups is 1. The molecule has 1 heterocycles. The van der Waals surface area contributed by atoms with Crippen LogP contribution in [0.4, 0.5) is 0 Å². The second-order valence-corrected chi connectivity index (χ2v) is 6.51. The molecule has 0 N–H and O–H groups in total. The van der Waals surface area contributed by atoms with E-state index in [4.69, 9.17) is 0 Å². The Bertz CT molecular complexity index is 858. The van der Waals surface area contributed by atoms with E-state index >= 15 is 0 Å². The Balaban J connectivity index is 1.75. The molecule has 124 valence electrons. The zero-order valence-corrected chi connectivity index (χ0v) is 14.1. The highest BCUT2D eigenvalue weighted by Gasteiger charge is 2.29. The van der Waals surface area contributed by atoms with Gasteiger partial charge in [0.1, 0.15) is 0 Å². The normalized spacial score (nSPS) is 16.8. The summed E-state index contributed by atoms with van der Waals surface area (Å²) in [6, 6.07) is 28.6. The van der Waals surface area contributed by atoms with E-state index < -0.39 is 0 Å². The fourth-order valence-corrected chi connectivity index (χ4v) is 3.68. The number of nitrogens with zero attached hydrogens (tertiary/aromatic N) is 1. The van der Waals surface area contributed by atoms with Crippen LogP contribution in [0, 0.1) is 0 Å². The van der Waals surface area contributed by atoms with E-state index in [-0.39, 0.29) is 11.9 Å². The Hall–Kier alpha value is -2.87. The van der Waals surface area contributed by atoms with E-state index in [9.17, 15) is 4.79 Å². The predicted octanol–water partition coefficient (Wildman–Crippen LogP) is 4.67. The van der Waals surface area contributed by atoms with Gasteiger partial charge in [0, 0.05) is 12.1 Å². The van der Waals surface area contributed by atoms with Gasteiger partial charge in [0.2, 0.25) is 0 Å². The minimum atomic E-state index is 0.0672. The van der Waals surface area contributed by atoms with E-state index in [0.29, 0.717) is 0 Å². The van der Waals surface area contributed by atoms with Gasteiger partial charge in [0.25, 0.3) is 5.91 Å². The molecule has 1 aliphatic heterocycles. The highest BCUT2D eigenvalue weighted by molar-refractivity contribution is 5.94. The van der Waals surface area contributed by atoms with Crippen molar-refractivity contribution in [2.45, 2.75) is 18.9 Å². The number of rotatable bonds is 2. The summed E-state index contributed by atoms with van der Waals surface area (Å²) >= 11 is 0. The number of hydrogen-bond acceptors (Lipinski definition) is 1. The van der Waals surface area contributed by atoms with E-state index in [2.05, 4.69) is 48.5 Å². The molecule has 0 fully saturated rings. The number of hydrogen-bond donors (Lipinski definition) is 0. The second-order valence-electron chi connectivity index (χ2n) is 6.51. The lowest BCUT2D eigenvalue weighted by Gasteiger charge is -2.30. The van der Waals surface area contributed by atoms with Crippen molar-refractivity contribution in [3.8, 4) is 0 Å². The first-order chi connectivity index (χ1) is 12.3. The molecule has 3 aromatic carbocycles. The Morgan fingerprint density at radius 1 is 0.760 bits per heavy atom. The summed E-state index contributed by atoms with van der Waals surface area (Å²) in [5.41, 5.74) is 4.66. The van der Waals surface area contributed by atoms with E-state index in [0.717, 1.165) is 24.9 Å². The van der Waals surface area contributed by atoms with Crippen LogP contribution in [0.5, 0.6) is 0 Å². The van der Waals surface area contributed by atoms with Crippen LogP contribution in [0.3, 0.4) is 0 Å². The molecule has 1 atom stereocenters. The zero-order valence-electron chi connectivity index (χ0n) is 14.1. The fourth-order valence-electron chi connectivity index (χ4n) is 3.68. The van der Waals surface area contributed by atoms with Crippen LogP contribution in [0.1, 0.15) is 33.1 Å². The van der Waals surface area contributed by atoms with Crippen LogP contribution in [0.15, 0.2) is 84.9 Å². The Labute approximate surface area is 148 Å². The summed E-state index contributed by atoms with van der Waals surface area (Å²) in [4.78, 5) is 15.3. The Kier molecular flexibility index (Phi) is 4.34. The van der Waals surface area contributed by atoms with Crippen molar-refractivity contribution in [3.05, 3.63) is 107 Å². The average Bonchev–Trinajstić information content (AvgIpc) is 2.88. The van der Waals surface area contributed by atoms with Gasteiger partial charge in [-0.15, -0.1) is 0 Å². The second kappa shape index (κ2) is 6.94. The third-order valence-electron chi connectivity index (χ3n) is 5.00. The van der Waals surface area contributed by atoms with E-state index in [1.54, 1.807) is 0 Å². The molecule has 0 saturated heterocycles. The number of benzene rings is 3. The average molecular weight is 327 g/mol. The molecular weight excluding hydrogens is 306 g/mol. The van der Waals surface area contributed by atoms with Gasteiger partial charge in [-0.2, -0.15) is 0 Å². The predicted molar refractivity (Wildman–Crippen MR) is 101 cm³/mol. The first kappa shape index (κ1) is 15.6. The van der Waals surface area contributed by atoms with Crippen molar-refractivity contribution in [3.63, 3.8) is 0 Å². The molecule has 25 heavy (non-hydrogen) atoms. The van der Waals surface area contributed by atoms with Crippen LogP contribution in [0.25, 0.3) is 0 Å². The molecule has 0 aliphatic carbocycles. The van der Waals surface area contributed by atoms with Crippen LogP contribution in [-0.4, -0.2) is 17.4 Å². The zero-order chi connectivity index (χ0) is 17.1. The molecule has 1 unspecified atom stereocenters. The summed E-state index contributed by atoms with van der Waals surface area (Å²) in [6.45, 7) is 0.740. The minimum absolute atomic E-state index is 0.0672. The van der Waals surface area contributed by atoms with Gasteiger partial charge in [0.05, 0.1) is 6.04 Å². The van der Waals surface area contributed by atoms with Gasteiger partial charge in [0.15, 0.2) is 0 Å². The summed E-state index contributed by atoms with van der Waals surface area (Å²) in [5.74, 6) is 0.113. The number of carbonyl (C=O) groups excluding carboxylic acids is 1. The molecule has 2 heteroatoms. The molecule has 4 rings (SSSR count). The SMILES string of the molecule is O=C(c1ccccc1)N1CCc2ccccc2CC1c1ccccc1. The fraction of sp³-hybridized carbons (Fsp3) is 0.174. The topological polar surface area (TPSA) is 20.3 Å². The first-order valence-corrected chi connectivity index (χ1v) is 8.80.